The van der Waals surface area contributed by atoms with Crippen LogP contribution in [0.4, 0.5) is 4.79 Å². The van der Waals surface area contributed by atoms with Gasteiger partial charge in [-0.2, -0.15) is 0 Å². The van der Waals surface area contributed by atoms with E-state index < -0.39 is 5.60 Å². The van der Waals surface area contributed by atoms with E-state index in [4.69, 9.17) is 23.7 Å². The molecule has 8 heteroatoms. The van der Waals surface area contributed by atoms with Gasteiger partial charge < -0.3 is 28.6 Å². The summed E-state index contributed by atoms with van der Waals surface area (Å²) < 4.78 is 30.4. The molecule has 38 heavy (non-hydrogen) atoms. The van der Waals surface area contributed by atoms with Gasteiger partial charge in [-0.05, 0) is 84.3 Å². The van der Waals surface area contributed by atoms with E-state index in [1.807, 2.05) is 62.4 Å². The number of carbonyl (C=O) groups is 1. The maximum Gasteiger partial charge on any atom is 0.410 e. The summed E-state index contributed by atoms with van der Waals surface area (Å²) in [4.78, 5) is 14.9. The molecule has 2 aromatic carbocycles. The van der Waals surface area contributed by atoms with Crippen LogP contribution in [-0.4, -0.2) is 56.6 Å². The molecule has 1 aliphatic rings. The Balaban J connectivity index is 1.74. The normalized spacial score (nSPS) is 19.8. The third-order valence-electron chi connectivity index (χ3n) is 7.18. The van der Waals surface area contributed by atoms with Crippen molar-refractivity contribution in [2.24, 2.45) is 5.92 Å². The van der Waals surface area contributed by atoms with E-state index in [9.17, 15) is 4.79 Å². The van der Waals surface area contributed by atoms with E-state index in [0.29, 0.717) is 39.3 Å². The molecule has 1 aliphatic carbocycles. The molecule has 0 saturated heterocycles. The summed E-state index contributed by atoms with van der Waals surface area (Å²) in [6, 6.07) is 15.7. The Kier molecular flexibility index (Phi) is 11.3. The van der Waals surface area contributed by atoms with Gasteiger partial charge in [-0.3, -0.25) is 0 Å². The molecular formula is C30H40INO6. The van der Waals surface area contributed by atoms with Gasteiger partial charge in [0.15, 0.2) is 5.60 Å². The van der Waals surface area contributed by atoms with Gasteiger partial charge in [0.1, 0.15) is 11.5 Å². The molecule has 7 nitrogen and oxygen atoms in total. The van der Waals surface area contributed by atoms with E-state index in [1.165, 1.54) is 0 Å². The fourth-order valence-corrected chi connectivity index (χ4v) is 5.82. The zero-order valence-electron chi connectivity index (χ0n) is 23.3. The molecule has 0 fully saturated rings. The molecule has 0 saturated carbocycles. The lowest BCUT2D eigenvalue weighted by atomic mass is 9.88. The first-order valence-corrected chi connectivity index (χ1v) is 14.2. The predicted octanol–water partition coefficient (Wildman–Crippen LogP) is 6.77. The van der Waals surface area contributed by atoms with Crippen LogP contribution in [0.2, 0.25) is 0 Å². The summed E-state index contributed by atoms with van der Waals surface area (Å²) in [6.07, 6.45) is 0.0696. The van der Waals surface area contributed by atoms with Gasteiger partial charge in [-0.15, -0.1) is 0 Å². The van der Waals surface area contributed by atoms with Crippen LogP contribution in [0.25, 0.3) is 0 Å². The van der Waals surface area contributed by atoms with Crippen LogP contribution in [0.3, 0.4) is 0 Å². The molecule has 0 heterocycles. The number of nitrogens with zero attached hydrogens (tertiary/aromatic N) is 1. The van der Waals surface area contributed by atoms with Crippen LogP contribution in [0.1, 0.15) is 45.2 Å². The molecule has 1 amide bonds. The standard InChI is InChI=1S/C30H40INO6/c1-7-32(8-2)29(33)38-30(21(3)18-36-19-23-9-13-25(34-5)14-10-23)17-27(22(4)28(30)31)37-20-24-11-15-26(35-6)16-12-24/h9-16,21,27H,7-8,17-20H2,1-6H3/t21-,27+,30+/m1/s1. The van der Waals surface area contributed by atoms with Crippen molar-refractivity contribution in [1.82, 2.24) is 4.90 Å². The lowest BCUT2D eigenvalue weighted by Gasteiger charge is -2.37. The number of carbonyl (C=O) groups excluding carboxylic acids is 1. The Morgan fingerprint density at radius 2 is 1.50 bits per heavy atom. The number of ether oxygens (including phenoxy) is 5. The third-order valence-corrected chi connectivity index (χ3v) is 8.95. The van der Waals surface area contributed by atoms with Crippen LogP contribution in [0.15, 0.2) is 57.7 Å². The molecule has 0 unspecified atom stereocenters. The predicted molar refractivity (Wildman–Crippen MR) is 157 cm³/mol. The first kappa shape index (κ1) is 30.2. The number of rotatable bonds is 13. The van der Waals surface area contributed by atoms with Crippen molar-refractivity contribution in [2.75, 3.05) is 33.9 Å². The van der Waals surface area contributed by atoms with Crippen molar-refractivity contribution in [2.45, 2.75) is 59.0 Å². The second-order valence-corrected chi connectivity index (χ2v) is 10.6. The molecule has 3 rings (SSSR count). The maximum atomic E-state index is 13.2. The lowest BCUT2D eigenvalue weighted by molar-refractivity contribution is -0.0613. The van der Waals surface area contributed by atoms with Gasteiger partial charge in [0.25, 0.3) is 0 Å². The average molecular weight is 638 g/mol. The molecule has 0 aromatic heterocycles. The number of hydrogen-bond acceptors (Lipinski definition) is 6. The van der Waals surface area contributed by atoms with Crippen molar-refractivity contribution in [3.05, 3.63) is 68.8 Å². The quantitative estimate of drug-likeness (QED) is 0.226. The zero-order chi connectivity index (χ0) is 27.7. The number of amides is 1. The molecule has 0 aliphatic heterocycles. The molecule has 3 atom stereocenters. The average Bonchev–Trinajstić information content (AvgIpc) is 3.18. The van der Waals surface area contributed by atoms with E-state index in [1.54, 1.807) is 19.1 Å². The van der Waals surface area contributed by atoms with Crippen LogP contribution >= 0.6 is 22.6 Å². The highest BCUT2D eigenvalue weighted by Crippen LogP contribution is 2.49. The van der Waals surface area contributed by atoms with Crippen LogP contribution < -0.4 is 9.47 Å². The summed E-state index contributed by atoms with van der Waals surface area (Å²) >= 11 is 2.34. The second kappa shape index (κ2) is 14.2. The summed E-state index contributed by atoms with van der Waals surface area (Å²) in [6.45, 7) is 10.6. The van der Waals surface area contributed by atoms with Crippen LogP contribution in [0, 0.1) is 5.92 Å². The van der Waals surface area contributed by atoms with Gasteiger partial charge in [0, 0.05) is 29.0 Å². The van der Waals surface area contributed by atoms with E-state index in [-0.39, 0.29) is 18.1 Å². The monoisotopic (exact) mass is 637 g/mol. The van der Waals surface area contributed by atoms with Gasteiger partial charge in [0.05, 0.1) is 40.1 Å². The Hall–Kier alpha value is -2.30. The molecule has 0 bridgehead atoms. The lowest BCUT2D eigenvalue weighted by Crippen LogP contribution is -2.46. The Morgan fingerprint density at radius 3 is 2.00 bits per heavy atom. The summed E-state index contributed by atoms with van der Waals surface area (Å²) in [7, 11) is 3.31. The molecule has 0 radical (unpaired) electrons. The number of benzene rings is 2. The topological polar surface area (TPSA) is 66.5 Å². The zero-order valence-corrected chi connectivity index (χ0v) is 25.4. The van der Waals surface area contributed by atoms with Crippen molar-refractivity contribution < 1.29 is 28.5 Å². The minimum Gasteiger partial charge on any atom is -0.497 e. The highest BCUT2D eigenvalue weighted by Gasteiger charge is 2.51. The Labute approximate surface area is 240 Å². The maximum absolute atomic E-state index is 13.2. The summed E-state index contributed by atoms with van der Waals surface area (Å²) in [5, 5.41) is 0. The Bertz CT molecular complexity index is 1070. The largest absolute Gasteiger partial charge is 0.497 e. The van der Waals surface area contributed by atoms with Crippen molar-refractivity contribution in [3.8, 4) is 11.5 Å². The highest BCUT2D eigenvalue weighted by molar-refractivity contribution is 14.1. The van der Waals surface area contributed by atoms with Gasteiger partial charge in [0.2, 0.25) is 0 Å². The third kappa shape index (κ3) is 7.21. The minimum absolute atomic E-state index is 0.0864. The Morgan fingerprint density at radius 1 is 0.974 bits per heavy atom. The van der Waals surface area contributed by atoms with Crippen molar-refractivity contribution >= 4 is 28.7 Å². The van der Waals surface area contributed by atoms with Crippen molar-refractivity contribution in [1.29, 1.82) is 0 Å². The van der Waals surface area contributed by atoms with E-state index in [2.05, 4.69) is 36.4 Å². The SMILES string of the molecule is CCN(CC)C(=O)O[C@]1([C@H](C)COCc2ccc(OC)cc2)C[C@H](OCc2ccc(OC)cc2)C(C)=C1I. The minimum atomic E-state index is -0.825. The first-order valence-electron chi connectivity index (χ1n) is 13.1. The number of halogens is 1. The molecule has 2 aromatic rings. The summed E-state index contributed by atoms with van der Waals surface area (Å²) in [5.74, 6) is 1.54. The molecule has 208 valence electrons. The molecular weight excluding hydrogens is 597 g/mol. The van der Waals surface area contributed by atoms with Gasteiger partial charge in [-0.1, -0.05) is 31.2 Å². The van der Waals surface area contributed by atoms with Crippen LogP contribution in [-0.2, 0) is 27.4 Å². The smallest absolute Gasteiger partial charge is 0.410 e. The van der Waals surface area contributed by atoms with E-state index >= 15 is 0 Å². The van der Waals surface area contributed by atoms with Gasteiger partial charge in [-0.25, -0.2) is 4.79 Å². The summed E-state index contributed by atoms with van der Waals surface area (Å²) in [5.41, 5.74) is 2.38. The van der Waals surface area contributed by atoms with Crippen LogP contribution in [0.5, 0.6) is 11.5 Å². The fourth-order valence-electron chi connectivity index (χ4n) is 4.61. The van der Waals surface area contributed by atoms with E-state index in [0.717, 1.165) is 31.8 Å². The first-order chi connectivity index (χ1) is 18.3. The fraction of sp³-hybridized carbons (Fsp3) is 0.500. The highest BCUT2D eigenvalue weighted by atomic mass is 127. The van der Waals surface area contributed by atoms with Gasteiger partial charge >= 0.3 is 6.09 Å². The van der Waals surface area contributed by atoms with Crippen molar-refractivity contribution in [3.63, 3.8) is 0 Å². The number of methoxy groups -OCH3 is 2. The second-order valence-electron chi connectivity index (χ2n) is 9.54. The molecule has 0 spiro atoms. The number of hydrogen-bond donors (Lipinski definition) is 0. The molecule has 0 N–H and O–H groups in total.